The molecule has 6 aliphatic rings. The van der Waals surface area contributed by atoms with Crippen molar-refractivity contribution in [3.05, 3.63) is 11.6 Å². The minimum Gasteiger partial charge on any atom is -0.350 e. The van der Waals surface area contributed by atoms with Gasteiger partial charge in [-0.05, 0) is 81.5 Å². The highest BCUT2D eigenvalue weighted by Gasteiger charge is 2.51. The van der Waals surface area contributed by atoms with Crippen LogP contribution >= 0.6 is 0 Å². The first-order chi connectivity index (χ1) is 12.6. The third-order valence-corrected chi connectivity index (χ3v) is 8.02. The van der Waals surface area contributed by atoms with Gasteiger partial charge in [-0.2, -0.15) is 0 Å². The molecule has 4 aliphatic carbocycles. The first kappa shape index (κ1) is 17.2. The molecule has 0 aromatic heterocycles. The molecule has 0 aromatic carbocycles. The zero-order valence-electron chi connectivity index (χ0n) is 16.1. The average Bonchev–Trinajstić information content (AvgIpc) is 3.15. The van der Waals surface area contributed by atoms with E-state index in [1.54, 1.807) is 0 Å². The monoisotopic (exact) mass is 359 g/mol. The smallest absolute Gasteiger partial charge is 0.246 e. The van der Waals surface area contributed by atoms with Crippen LogP contribution in [-0.2, 0) is 14.3 Å². The fourth-order valence-electron chi connectivity index (χ4n) is 7.10. The Balaban J connectivity index is 1.28. The minimum absolute atomic E-state index is 0.0983. The zero-order chi connectivity index (χ0) is 17.7. The largest absolute Gasteiger partial charge is 0.350 e. The molecule has 4 bridgehead atoms. The van der Waals surface area contributed by atoms with Gasteiger partial charge in [-0.1, -0.05) is 5.57 Å². The van der Waals surface area contributed by atoms with Crippen LogP contribution in [0.3, 0.4) is 0 Å². The van der Waals surface area contributed by atoms with Gasteiger partial charge in [0.25, 0.3) is 0 Å². The number of hydrogen-bond donors (Lipinski definition) is 0. The van der Waals surface area contributed by atoms with Crippen molar-refractivity contribution in [1.29, 1.82) is 0 Å². The maximum absolute atomic E-state index is 13.0. The molecule has 4 saturated carbocycles. The minimum atomic E-state index is -0.0983. The lowest BCUT2D eigenvalue weighted by molar-refractivity contribution is -0.134. The van der Waals surface area contributed by atoms with Crippen LogP contribution in [0.4, 0.5) is 0 Å². The van der Waals surface area contributed by atoms with Crippen molar-refractivity contribution in [1.82, 2.24) is 4.90 Å². The van der Waals surface area contributed by atoms with Gasteiger partial charge in [-0.3, -0.25) is 4.79 Å². The van der Waals surface area contributed by atoms with E-state index in [9.17, 15) is 4.79 Å². The van der Waals surface area contributed by atoms with E-state index in [0.717, 1.165) is 43.7 Å². The second kappa shape index (κ2) is 6.63. The maximum Gasteiger partial charge on any atom is 0.246 e. The predicted octanol–water partition coefficient (Wildman–Crippen LogP) is 3.76. The van der Waals surface area contributed by atoms with Crippen molar-refractivity contribution in [3.63, 3.8) is 0 Å². The molecule has 6 fully saturated rings. The summed E-state index contributed by atoms with van der Waals surface area (Å²) in [5, 5.41) is 0. The van der Waals surface area contributed by atoms with Crippen molar-refractivity contribution in [2.75, 3.05) is 26.3 Å². The summed E-state index contributed by atoms with van der Waals surface area (Å²) >= 11 is 0. The summed E-state index contributed by atoms with van der Waals surface area (Å²) in [6, 6.07) is 0. The van der Waals surface area contributed by atoms with Crippen LogP contribution in [0.15, 0.2) is 11.6 Å². The highest BCUT2D eigenvalue weighted by molar-refractivity contribution is 5.88. The number of hydrogen-bond acceptors (Lipinski definition) is 3. The number of rotatable bonds is 3. The average molecular weight is 360 g/mol. The van der Waals surface area contributed by atoms with Crippen LogP contribution in [0.1, 0.15) is 58.3 Å². The topological polar surface area (TPSA) is 38.8 Å². The van der Waals surface area contributed by atoms with E-state index in [1.165, 1.54) is 44.1 Å². The van der Waals surface area contributed by atoms with Crippen molar-refractivity contribution in [2.24, 2.45) is 29.1 Å². The molecule has 2 heterocycles. The Morgan fingerprint density at radius 2 is 1.65 bits per heavy atom. The standard InChI is InChI=1S/C22H33NO3/c1-15(22-11-16-8-17(12-22)10-18(9-16)13-22)7-20(24)23-4-2-3-19(14-23)21-25-5-6-26-21/h7,16-19,21H,2-6,8-14H2,1H3/b15-7-. The number of piperidine rings is 1. The molecule has 4 heteroatoms. The number of nitrogens with zero attached hydrogens (tertiary/aromatic N) is 1. The molecular formula is C22H33NO3. The summed E-state index contributed by atoms with van der Waals surface area (Å²) in [7, 11) is 0. The molecule has 2 aliphatic heterocycles. The fourth-order valence-corrected chi connectivity index (χ4v) is 7.10. The van der Waals surface area contributed by atoms with E-state index in [0.29, 0.717) is 24.5 Å². The molecule has 144 valence electrons. The number of carbonyl (C=O) groups is 1. The number of carbonyl (C=O) groups excluding carboxylic acids is 1. The molecule has 0 N–H and O–H groups in total. The predicted molar refractivity (Wildman–Crippen MR) is 99.4 cm³/mol. The van der Waals surface area contributed by atoms with Crippen molar-refractivity contribution < 1.29 is 14.3 Å². The van der Waals surface area contributed by atoms with Crippen LogP contribution in [0.5, 0.6) is 0 Å². The van der Waals surface area contributed by atoms with Gasteiger partial charge in [0.1, 0.15) is 0 Å². The number of likely N-dealkylation sites (tertiary alicyclic amines) is 1. The van der Waals surface area contributed by atoms with Crippen LogP contribution in [0, 0.1) is 29.1 Å². The van der Waals surface area contributed by atoms with Gasteiger partial charge in [0.15, 0.2) is 6.29 Å². The van der Waals surface area contributed by atoms with Gasteiger partial charge in [0, 0.05) is 25.1 Å². The summed E-state index contributed by atoms with van der Waals surface area (Å²) in [6.07, 6.45) is 12.4. The Labute approximate surface area is 157 Å². The molecule has 0 spiro atoms. The molecule has 0 radical (unpaired) electrons. The van der Waals surface area contributed by atoms with Crippen molar-refractivity contribution in [2.45, 2.75) is 64.6 Å². The first-order valence-corrected chi connectivity index (χ1v) is 10.8. The molecule has 26 heavy (non-hydrogen) atoms. The number of ether oxygens (including phenoxy) is 2. The third-order valence-electron chi connectivity index (χ3n) is 8.02. The van der Waals surface area contributed by atoms with E-state index >= 15 is 0 Å². The van der Waals surface area contributed by atoms with Crippen LogP contribution in [-0.4, -0.2) is 43.4 Å². The summed E-state index contributed by atoms with van der Waals surface area (Å²) < 4.78 is 11.4. The Kier molecular flexibility index (Phi) is 4.40. The molecule has 4 nitrogen and oxygen atoms in total. The second-order valence-electron chi connectivity index (χ2n) is 9.82. The van der Waals surface area contributed by atoms with E-state index in [2.05, 4.69) is 6.92 Å². The summed E-state index contributed by atoms with van der Waals surface area (Å²) in [5.74, 6) is 3.34. The zero-order valence-corrected chi connectivity index (χ0v) is 16.1. The maximum atomic E-state index is 13.0. The molecule has 1 unspecified atom stereocenters. The fraction of sp³-hybridized carbons (Fsp3) is 0.864. The van der Waals surface area contributed by atoms with Crippen LogP contribution in [0.25, 0.3) is 0 Å². The number of amides is 1. The van der Waals surface area contributed by atoms with E-state index in [1.807, 2.05) is 11.0 Å². The second-order valence-corrected chi connectivity index (χ2v) is 9.82. The van der Waals surface area contributed by atoms with E-state index < -0.39 is 0 Å². The van der Waals surface area contributed by atoms with Gasteiger partial charge >= 0.3 is 0 Å². The van der Waals surface area contributed by atoms with E-state index in [-0.39, 0.29) is 12.2 Å². The van der Waals surface area contributed by atoms with Crippen molar-refractivity contribution in [3.8, 4) is 0 Å². The van der Waals surface area contributed by atoms with Crippen LogP contribution < -0.4 is 0 Å². The Morgan fingerprint density at radius 3 is 2.27 bits per heavy atom. The van der Waals surface area contributed by atoms with Crippen LogP contribution in [0.2, 0.25) is 0 Å². The summed E-state index contributed by atoms with van der Waals surface area (Å²) in [6.45, 7) is 5.30. The molecule has 1 atom stereocenters. The molecule has 1 amide bonds. The highest BCUT2D eigenvalue weighted by atomic mass is 16.7. The van der Waals surface area contributed by atoms with Gasteiger partial charge in [-0.25, -0.2) is 0 Å². The summed E-state index contributed by atoms with van der Waals surface area (Å²) in [5.41, 5.74) is 1.72. The lowest BCUT2D eigenvalue weighted by atomic mass is 9.48. The Morgan fingerprint density at radius 1 is 1.04 bits per heavy atom. The van der Waals surface area contributed by atoms with Gasteiger partial charge in [0.2, 0.25) is 5.91 Å². The molecular weight excluding hydrogens is 326 g/mol. The Bertz CT molecular complexity index is 557. The molecule has 0 aromatic rings. The van der Waals surface area contributed by atoms with E-state index in [4.69, 9.17) is 9.47 Å². The quantitative estimate of drug-likeness (QED) is 0.720. The Hall–Kier alpha value is -0.870. The number of allylic oxidation sites excluding steroid dienone is 1. The van der Waals surface area contributed by atoms with Gasteiger partial charge in [-0.15, -0.1) is 0 Å². The first-order valence-electron chi connectivity index (χ1n) is 10.8. The molecule has 2 saturated heterocycles. The van der Waals surface area contributed by atoms with Crippen molar-refractivity contribution >= 4 is 5.91 Å². The third kappa shape index (κ3) is 3.03. The SMILES string of the molecule is C/C(=C/C(=O)N1CCCC(C2OCCO2)C1)C12CC3CC(CC(C3)C1)C2. The normalized spacial score (nSPS) is 43.3. The van der Waals surface area contributed by atoms with Gasteiger partial charge in [0.05, 0.1) is 13.2 Å². The lowest BCUT2D eigenvalue weighted by Crippen LogP contribution is -2.47. The lowest BCUT2D eigenvalue weighted by Gasteiger charge is -2.57. The molecule has 6 rings (SSSR count). The highest BCUT2D eigenvalue weighted by Crippen LogP contribution is 2.62. The summed E-state index contributed by atoms with van der Waals surface area (Å²) in [4.78, 5) is 15.1. The van der Waals surface area contributed by atoms with Gasteiger partial charge < -0.3 is 14.4 Å².